The van der Waals surface area contributed by atoms with Crippen molar-refractivity contribution >= 4 is 27.1 Å². The number of fused-ring (bicyclic) bond motifs is 1. The van der Waals surface area contributed by atoms with Crippen LogP contribution in [0.25, 0.3) is 11.2 Å². The third-order valence-electron chi connectivity index (χ3n) is 5.52. The Bertz CT molecular complexity index is 1150. The molecule has 0 unspecified atom stereocenters. The number of imidazole rings is 1. The van der Waals surface area contributed by atoms with Crippen LogP contribution >= 0.6 is 15.9 Å². The molecule has 0 aliphatic heterocycles. The summed E-state index contributed by atoms with van der Waals surface area (Å²) in [7, 11) is 1.61. The lowest BCUT2D eigenvalue weighted by atomic mass is 9.93. The van der Waals surface area contributed by atoms with Gasteiger partial charge in [0.05, 0.1) is 35.3 Å². The Morgan fingerprint density at radius 1 is 1.31 bits per heavy atom. The molecule has 0 spiro atoms. The van der Waals surface area contributed by atoms with Gasteiger partial charge < -0.3 is 9.84 Å². The second kappa shape index (κ2) is 8.01. The van der Waals surface area contributed by atoms with Gasteiger partial charge in [-0.25, -0.2) is 9.78 Å². The molecule has 3 aromatic rings. The molecule has 4 rings (SSSR count). The molecule has 0 bridgehead atoms. The normalized spacial score (nSPS) is 19.2. The number of aromatic nitrogens is 3. The Morgan fingerprint density at radius 2 is 2.07 bits per heavy atom. The first kappa shape index (κ1) is 19.7. The predicted octanol–water partition coefficient (Wildman–Crippen LogP) is 3.37. The lowest BCUT2D eigenvalue weighted by Crippen LogP contribution is -2.31. The van der Waals surface area contributed by atoms with Crippen LogP contribution in [0.3, 0.4) is 0 Å². The Labute approximate surface area is 176 Å². The molecule has 29 heavy (non-hydrogen) atoms. The second-order valence-corrected chi connectivity index (χ2v) is 8.20. The van der Waals surface area contributed by atoms with Crippen LogP contribution in [0.5, 0.6) is 5.75 Å². The van der Waals surface area contributed by atoms with Gasteiger partial charge in [0.25, 0.3) is 0 Å². The van der Waals surface area contributed by atoms with Gasteiger partial charge in [-0.3, -0.25) is 9.13 Å². The largest absolute Gasteiger partial charge is 0.496 e. The molecule has 2 aromatic heterocycles. The van der Waals surface area contributed by atoms with Gasteiger partial charge in [0.15, 0.2) is 5.65 Å². The smallest absolute Gasteiger partial charge is 0.330 e. The molecule has 8 heteroatoms. The van der Waals surface area contributed by atoms with E-state index in [-0.39, 0.29) is 17.8 Å². The zero-order valence-electron chi connectivity index (χ0n) is 16.0. The van der Waals surface area contributed by atoms with Crippen LogP contribution in [0.15, 0.2) is 39.7 Å². The van der Waals surface area contributed by atoms with Gasteiger partial charge in [-0.05, 0) is 65.4 Å². The molecule has 150 valence electrons. The number of benzene rings is 1. The number of rotatable bonds is 4. The molecule has 1 aliphatic rings. The number of nitriles is 1. The number of aliphatic hydroxyl groups is 1. The van der Waals surface area contributed by atoms with Crippen molar-refractivity contribution in [3.63, 3.8) is 0 Å². The van der Waals surface area contributed by atoms with Gasteiger partial charge in [0.1, 0.15) is 11.8 Å². The van der Waals surface area contributed by atoms with Crippen LogP contribution in [0.4, 0.5) is 0 Å². The lowest BCUT2D eigenvalue weighted by Gasteiger charge is -2.26. The summed E-state index contributed by atoms with van der Waals surface area (Å²) in [5, 5.41) is 19.1. The van der Waals surface area contributed by atoms with E-state index in [2.05, 4.69) is 27.0 Å². The van der Waals surface area contributed by atoms with Gasteiger partial charge in [0, 0.05) is 12.2 Å². The van der Waals surface area contributed by atoms with Crippen LogP contribution in [0, 0.1) is 11.3 Å². The summed E-state index contributed by atoms with van der Waals surface area (Å²) < 4.78 is 9.50. The van der Waals surface area contributed by atoms with Crippen molar-refractivity contribution in [2.45, 2.75) is 44.4 Å². The summed E-state index contributed by atoms with van der Waals surface area (Å²) >= 11 is 3.49. The Balaban J connectivity index is 1.82. The van der Waals surface area contributed by atoms with E-state index in [9.17, 15) is 15.2 Å². The number of nitrogens with zero attached hydrogens (tertiary/aromatic N) is 4. The number of ether oxygens (including phenoxy) is 1. The first-order valence-electron chi connectivity index (χ1n) is 9.53. The fourth-order valence-corrected chi connectivity index (χ4v) is 4.59. The van der Waals surface area contributed by atoms with Crippen molar-refractivity contribution in [2.24, 2.45) is 0 Å². The van der Waals surface area contributed by atoms with Crippen LogP contribution < -0.4 is 10.4 Å². The zero-order valence-corrected chi connectivity index (χ0v) is 17.6. The third-order valence-corrected chi connectivity index (χ3v) is 6.14. The molecule has 2 heterocycles. The number of hydrogen-bond acceptors (Lipinski definition) is 5. The molecule has 1 aromatic carbocycles. The highest BCUT2D eigenvalue weighted by Gasteiger charge is 2.26. The maximum atomic E-state index is 13.4. The first-order chi connectivity index (χ1) is 14.0. The van der Waals surface area contributed by atoms with Crippen molar-refractivity contribution < 1.29 is 9.84 Å². The molecule has 1 fully saturated rings. The minimum absolute atomic E-state index is 0.00214. The monoisotopic (exact) mass is 456 g/mol. The number of hydrogen-bond donors (Lipinski definition) is 1. The SMILES string of the molecule is COc1ccc(Cn2c(=O)n([C@H]3CC[C@H](O)CC3)c3ncc(C#N)cc32)cc1Br. The predicted molar refractivity (Wildman–Crippen MR) is 112 cm³/mol. The van der Waals surface area contributed by atoms with Gasteiger partial charge >= 0.3 is 5.69 Å². The number of halogens is 1. The molecular weight excluding hydrogens is 436 g/mol. The zero-order chi connectivity index (χ0) is 20.5. The van der Waals surface area contributed by atoms with Crippen molar-refractivity contribution in [1.82, 2.24) is 14.1 Å². The van der Waals surface area contributed by atoms with Crippen molar-refractivity contribution in [3.05, 3.63) is 56.5 Å². The third kappa shape index (κ3) is 3.68. The van der Waals surface area contributed by atoms with E-state index in [0.717, 1.165) is 28.6 Å². The second-order valence-electron chi connectivity index (χ2n) is 7.35. The molecule has 1 N–H and O–H groups in total. The number of aliphatic hydroxyl groups excluding tert-OH is 1. The molecule has 0 radical (unpaired) electrons. The molecule has 1 aliphatic carbocycles. The summed E-state index contributed by atoms with van der Waals surface area (Å²) in [5.41, 5.74) is 2.43. The van der Waals surface area contributed by atoms with Gasteiger partial charge in [0.2, 0.25) is 0 Å². The fraction of sp³-hybridized carbons (Fsp3) is 0.381. The molecule has 0 atom stereocenters. The molecular formula is C21H21BrN4O3. The van der Waals surface area contributed by atoms with E-state index in [1.54, 1.807) is 22.3 Å². The topological polar surface area (TPSA) is 93.1 Å². The standard InChI is InChI=1S/C21H21BrN4O3/c1-29-19-7-2-13(8-17(19)22)12-25-18-9-14(10-23)11-24-20(18)26(21(25)28)15-3-5-16(27)6-4-15/h2,7-9,11,15-16,27H,3-6,12H2,1H3/t15-,16-. The van der Waals surface area contributed by atoms with E-state index in [1.807, 2.05) is 18.2 Å². The summed E-state index contributed by atoms with van der Waals surface area (Å²) in [6, 6.07) is 9.51. The van der Waals surface area contributed by atoms with Crippen LogP contribution in [0.1, 0.15) is 42.9 Å². The van der Waals surface area contributed by atoms with Gasteiger partial charge in [-0.15, -0.1) is 0 Å². The minimum Gasteiger partial charge on any atom is -0.496 e. The van der Waals surface area contributed by atoms with Crippen LogP contribution in [-0.2, 0) is 6.54 Å². The maximum Gasteiger partial charge on any atom is 0.330 e. The number of methoxy groups -OCH3 is 1. The average Bonchev–Trinajstić information content (AvgIpc) is 3.00. The highest BCUT2D eigenvalue weighted by Crippen LogP contribution is 2.30. The van der Waals surface area contributed by atoms with Gasteiger partial charge in [-0.2, -0.15) is 5.26 Å². The summed E-state index contributed by atoms with van der Waals surface area (Å²) in [6.45, 7) is 0.358. The van der Waals surface area contributed by atoms with Crippen molar-refractivity contribution in [2.75, 3.05) is 7.11 Å². The van der Waals surface area contributed by atoms with E-state index < -0.39 is 0 Å². The van der Waals surface area contributed by atoms with Crippen LogP contribution in [-0.4, -0.2) is 32.4 Å². The molecule has 7 nitrogen and oxygen atoms in total. The maximum absolute atomic E-state index is 13.4. The Morgan fingerprint density at radius 3 is 2.72 bits per heavy atom. The Hall–Kier alpha value is -2.63. The lowest BCUT2D eigenvalue weighted by molar-refractivity contribution is 0.110. The van der Waals surface area contributed by atoms with E-state index in [4.69, 9.17) is 4.74 Å². The van der Waals surface area contributed by atoms with E-state index in [1.165, 1.54) is 6.20 Å². The Kier molecular flexibility index (Phi) is 5.43. The minimum atomic E-state index is -0.301. The average molecular weight is 457 g/mol. The molecule has 0 saturated heterocycles. The van der Waals surface area contributed by atoms with Crippen LogP contribution in [0.2, 0.25) is 0 Å². The van der Waals surface area contributed by atoms with E-state index in [0.29, 0.717) is 36.1 Å². The highest BCUT2D eigenvalue weighted by atomic mass is 79.9. The van der Waals surface area contributed by atoms with Crippen molar-refractivity contribution in [3.8, 4) is 11.8 Å². The first-order valence-corrected chi connectivity index (χ1v) is 10.3. The summed E-state index contributed by atoms with van der Waals surface area (Å²) in [4.78, 5) is 17.8. The van der Waals surface area contributed by atoms with Crippen molar-refractivity contribution in [1.29, 1.82) is 5.26 Å². The molecule has 1 saturated carbocycles. The number of pyridine rings is 1. The molecule has 0 amide bonds. The quantitative estimate of drug-likeness (QED) is 0.649. The van der Waals surface area contributed by atoms with Gasteiger partial charge in [-0.1, -0.05) is 6.07 Å². The highest BCUT2D eigenvalue weighted by molar-refractivity contribution is 9.10. The summed E-state index contributed by atoms with van der Waals surface area (Å²) in [6.07, 6.45) is 4.01. The summed E-state index contributed by atoms with van der Waals surface area (Å²) in [5.74, 6) is 0.720. The van der Waals surface area contributed by atoms with E-state index >= 15 is 0 Å². The fourth-order valence-electron chi connectivity index (χ4n) is 4.00.